The minimum absolute atomic E-state index is 0.617. The average Bonchev–Trinajstić information content (AvgIpc) is 4.00. The lowest BCUT2D eigenvalue weighted by Crippen LogP contribution is -2.71. The number of aryl methyl sites for hydroxylation is 2. The van der Waals surface area contributed by atoms with Crippen LogP contribution in [-0.4, -0.2) is 27.2 Å². The van der Waals surface area contributed by atoms with Gasteiger partial charge in [-0.25, -0.2) is 0 Å². The highest BCUT2D eigenvalue weighted by atomic mass is 28.3. The molecule has 0 N–H and O–H groups in total. The van der Waals surface area contributed by atoms with Crippen molar-refractivity contribution in [2.45, 2.75) is 13.8 Å². The predicted octanol–water partition coefficient (Wildman–Crippen LogP) is 10.2. The molecule has 6 heterocycles. The molecule has 0 unspecified atom stereocenters. The van der Waals surface area contributed by atoms with Gasteiger partial charge in [0.1, 0.15) is 11.6 Å². The highest BCUT2D eigenvalue weighted by Crippen LogP contribution is 2.43. The number of pyridine rings is 2. The van der Waals surface area contributed by atoms with Crippen molar-refractivity contribution in [3.8, 4) is 50.8 Å². The first-order chi connectivity index (χ1) is 30.1. The summed E-state index contributed by atoms with van der Waals surface area (Å²) in [6, 6.07) is 58.4. The Morgan fingerprint density at radius 1 is 0.459 bits per heavy atom. The summed E-state index contributed by atoms with van der Waals surface area (Å²) >= 11 is 0. The Morgan fingerprint density at radius 3 is 1.54 bits per heavy atom. The maximum atomic E-state index is 11.6. The van der Waals surface area contributed by atoms with E-state index in [4.69, 9.17) is 0 Å². The Balaban J connectivity index is 1.22. The molecule has 0 atom stereocenters. The van der Waals surface area contributed by atoms with Crippen molar-refractivity contribution in [2.75, 3.05) is 0 Å². The Kier molecular flexibility index (Phi) is 6.89. The van der Waals surface area contributed by atoms with Gasteiger partial charge in [-0.05, 0) is 118 Å². The maximum Gasteiger partial charge on any atom is 0.182 e. The van der Waals surface area contributed by atoms with E-state index in [1.54, 1.807) is 0 Å². The standard InChI is InChI=1S/C55H35N5Si/c1-33-18-20-48-41(26-33)37-10-3-6-15-46(37)59(48)50-28-35(29-51(43(50)30-56)60-47-16-7-4-11-38(47)42-27-34(2)19-21-49(42)60)36-13-9-14-40-39-12-5-8-17-52(39)61(55(36)40)53-22-24-57-31-44(53)45-32-58-25-23-54(45)61/h3-29,31-32H,1-2H3. The number of hydrogen-bond donors (Lipinski definition) is 0. The van der Waals surface area contributed by atoms with Gasteiger partial charge < -0.3 is 9.13 Å². The molecule has 0 fully saturated rings. The molecule has 13 rings (SSSR count). The molecule has 0 saturated heterocycles. The van der Waals surface area contributed by atoms with Gasteiger partial charge in [-0.15, -0.1) is 0 Å². The van der Waals surface area contributed by atoms with Crippen LogP contribution in [0.2, 0.25) is 0 Å². The van der Waals surface area contributed by atoms with Gasteiger partial charge in [0.15, 0.2) is 8.07 Å². The van der Waals surface area contributed by atoms with Gasteiger partial charge in [0.05, 0.1) is 33.4 Å². The third-order valence-electron chi connectivity index (χ3n) is 13.5. The van der Waals surface area contributed by atoms with Gasteiger partial charge in [0.2, 0.25) is 0 Å². The predicted molar refractivity (Wildman–Crippen MR) is 252 cm³/mol. The normalized spacial score (nSPS) is 13.2. The SMILES string of the molecule is Cc1ccc2c(c1)c1ccccc1n2-c1cc(-c2cccc3c2[Si]2(c4ccncc4-c4cnccc42)c2ccccc2-3)cc(-n2c3ccccc3c3cc(C)ccc32)c1C#N. The molecule has 2 aliphatic heterocycles. The Labute approximate surface area is 353 Å². The smallest absolute Gasteiger partial charge is 0.182 e. The molecule has 7 aromatic carbocycles. The van der Waals surface area contributed by atoms with Gasteiger partial charge in [-0.3, -0.25) is 9.97 Å². The average molecular weight is 794 g/mol. The van der Waals surface area contributed by atoms with Gasteiger partial charge in [0.25, 0.3) is 0 Å². The maximum absolute atomic E-state index is 11.6. The van der Waals surface area contributed by atoms with E-state index < -0.39 is 8.07 Å². The van der Waals surface area contributed by atoms with Gasteiger partial charge in [-0.2, -0.15) is 5.26 Å². The van der Waals surface area contributed by atoms with Crippen LogP contribution in [0.3, 0.4) is 0 Å². The lowest BCUT2D eigenvalue weighted by molar-refractivity contribution is 1.12. The summed E-state index contributed by atoms with van der Waals surface area (Å²) < 4.78 is 4.66. The number of nitrogens with zero attached hydrogens (tertiary/aromatic N) is 5. The molecular weight excluding hydrogens is 759 g/mol. The topological polar surface area (TPSA) is 59.4 Å². The van der Waals surface area contributed by atoms with Crippen molar-refractivity contribution in [1.29, 1.82) is 5.26 Å². The molecule has 4 aromatic heterocycles. The van der Waals surface area contributed by atoms with Crippen LogP contribution >= 0.6 is 0 Å². The van der Waals surface area contributed by atoms with Crippen molar-refractivity contribution in [2.24, 2.45) is 0 Å². The molecule has 5 nitrogen and oxygen atoms in total. The van der Waals surface area contributed by atoms with Gasteiger partial charge >= 0.3 is 0 Å². The number of aromatic nitrogens is 4. The summed E-state index contributed by atoms with van der Waals surface area (Å²) in [5.74, 6) is 0. The lowest BCUT2D eigenvalue weighted by atomic mass is 9.96. The van der Waals surface area contributed by atoms with Crippen molar-refractivity contribution >= 4 is 72.4 Å². The van der Waals surface area contributed by atoms with E-state index in [9.17, 15) is 5.26 Å². The molecule has 2 aliphatic rings. The van der Waals surface area contributed by atoms with Crippen molar-refractivity contribution in [3.63, 3.8) is 0 Å². The lowest BCUT2D eigenvalue weighted by Gasteiger charge is -2.30. The molecule has 1 spiro atoms. The molecule has 0 amide bonds. The van der Waals surface area contributed by atoms with Crippen LogP contribution in [0.5, 0.6) is 0 Å². The molecular formula is C55H35N5Si. The number of rotatable bonds is 3. The summed E-state index contributed by atoms with van der Waals surface area (Å²) in [4.78, 5) is 9.34. The fourth-order valence-electron chi connectivity index (χ4n) is 11.1. The van der Waals surface area contributed by atoms with Gasteiger partial charge in [-0.1, -0.05) is 102 Å². The first-order valence-corrected chi connectivity index (χ1v) is 22.8. The van der Waals surface area contributed by atoms with Crippen LogP contribution in [0, 0.1) is 25.2 Å². The minimum Gasteiger partial charge on any atom is -0.308 e. The number of fused-ring (bicyclic) bond motifs is 16. The molecule has 0 bridgehead atoms. The number of para-hydroxylation sites is 2. The van der Waals surface area contributed by atoms with E-state index in [0.29, 0.717) is 5.56 Å². The third-order valence-corrected chi connectivity index (χ3v) is 18.5. The van der Waals surface area contributed by atoms with Crippen LogP contribution in [0.25, 0.3) is 88.4 Å². The van der Waals surface area contributed by atoms with Crippen molar-refractivity contribution in [1.82, 2.24) is 19.1 Å². The monoisotopic (exact) mass is 793 g/mol. The second-order valence-corrected chi connectivity index (χ2v) is 20.2. The first kappa shape index (κ1) is 34.1. The molecule has 61 heavy (non-hydrogen) atoms. The van der Waals surface area contributed by atoms with Crippen LogP contribution < -0.4 is 20.7 Å². The molecule has 284 valence electrons. The molecule has 0 radical (unpaired) electrons. The number of hydrogen-bond acceptors (Lipinski definition) is 3. The third kappa shape index (κ3) is 4.37. The second-order valence-electron chi connectivity index (χ2n) is 16.6. The largest absolute Gasteiger partial charge is 0.308 e. The van der Waals surface area contributed by atoms with Crippen LogP contribution in [-0.2, 0) is 0 Å². The van der Waals surface area contributed by atoms with E-state index in [1.807, 2.05) is 24.8 Å². The highest BCUT2D eigenvalue weighted by molar-refractivity contribution is 7.24. The van der Waals surface area contributed by atoms with Crippen LogP contribution in [0.1, 0.15) is 16.7 Å². The zero-order valence-electron chi connectivity index (χ0n) is 33.5. The van der Waals surface area contributed by atoms with E-state index in [0.717, 1.165) is 60.9 Å². The summed E-state index contributed by atoms with van der Waals surface area (Å²) in [5.41, 5.74) is 16.1. The van der Waals surface area contributed by atoms with E-state index in [-0.39, 0.29) is 0 Å². The fourth-order valence-corrected chi connectivity index (χ4v) is 16.9. The number of benzene rings is 7. The zero-order valence-corrected chi connectivity index (χ0v) is 34.5. The Morgan fingerprint density at radius 2 is 0.951 bits per heavy atom. The van der Waals surface area contributed by atoms with E-state index >= 15 is 0 Å². The Hall–Kier alpha value is -7.85. The summed E-state index contributed by atoms with van der Waals surface area (Å²) in [7, 11) is -2.91. The summed E-state index contributed by atoms with van der Waals surface area (Å²) in [5, 5.41) is 21.7. The quantitative estimate of drug-likeness (QED) is 0.167. The zero-order chi connectivity index (χ0) is 40.6. The summed E-state index contributed by atoms with van der Waals surface area (Å²) in [6.07, 6.45) is 7.99. The van der Waals surface area contributed by atoms with E-state index in [2.05, 4.69) is 191 Å². The van der Waals surface area contributed by atoms with E-state index in [1.165, 1.54) is 59.3 Å². The molecule has 0 aliphatic carbocycles. The first-order valence-electron chi connectivity index (χ1n) is 20.8. The fraction of sp³-hybridized carbons (Fsp3) is 0.0364. The highest BCUT2D eigenvalue weighted by Gasteiger charge is 2.55. The Bertz CT molecular complexity index is 3560. The van der Waals surface area contributed by atoms with Crippen LogP contribution in [0.4, 0.5) is 0 Å². The number of nitriles is 1. The summed E-state index contributed by atoms with van der Waals surface area (Å²) in [6.45, 7) is 4.29. The second kappa shape index (κ2) is 12.3. The molecule has 6 heteroatoms. The minimum atomic E-state index is -2.91. The molecule has 0 saturated carbocycles. The van der Waals surface area contributed by atoms with Crippen molar-refractivity contribution in [3.05, 3.63) is 193 Å². The molecule has 11 aromatic rings. The van der Waals surface area contributed by atoms with Crippen LogP contribution in [0.15, 0.2) is 176 Å². The van der Waals surface area contributed by atoms with Gasteiger partial charge in [0, 0.05) is 57.5 Å². The van der Waals surface area contributed by atoms with Crippen molar-refractivity contribution < 1.29 is 0 Å².